The molecule has 0 aliphatic carbocycles. The van der Waals surface area contributed by atoms with Crippen LogP contribution in [0, 0.1) is 5.82 Å². The third-order valence-electron chi connectivity index (χ3n) is 3.50. The number of carbonyl (C=O) groups excluding carboxylic acids is 1. The molecule has 2 aromatic rings. The van der Waals surface area contributed by atoms with Crippen LogP contribution in [0.1, 0.15) is 29.8 Å². The van der Waals surface area contributed by atoms with Crippen LogP contribution < -0.4 is 10.0 Å². The Morgan fingerprint density at radius 3 is 2.42 bits per heavy atom. The van der Waals surface area contributed by atoms with Crippen molar-refractivity contribution in [1.29, 1.82) is 0 Å². The van der Waals surface area contributed by atoms with Gasteiger partial charge < -0.3 is 5.32 Å². The average molecular weight is 399 g/mol. The fourth-order valence-electron chi connectivity index (χ4n) is 2.29. The van der Waals surface area contributed by atoms with Crippen LogP contribution in [0.25, 0.3) is 0 Å². The second kappa shape index (κ2) is 8.62. The first kappa shape index (κ1) is 20.4. The normalized spacial score (nSPS) is 11.6. The molecule has 0 saturated carbocycles. The number of benzene rings is 2. The van der Waals surface area contributed by atoms with Gasteiger partial charge in [-0.15, -0.1) is 0 Å². The average Bonchev–Trinajstić information content (AvgIpc) is 2.55. The lowest BCUT2D eigenvalue weighted by atomic mass is 10.1. The molecule has 0 bridgehead atoms. The minimum atomic E-state index is -3.72. The molecule has 2 N–H and O–H groups in total. The van der Waals surface area contributed by atoms with Crippen LogP contribution >= 0.6 is 11.6 Å². The topological polar surface area (TPSA) is 75.3 Å². The summed E-state index contributed by atoms with van der Waals surface area (Å²) in [5, 5.41) is 2.85. The first-order valence-electron chi connectivity index (χ1n) is 8.03. The van der Waals surface area contributed by atoms with Crippen molar-refractivity contribution < 1.29 is 17.6 Å². The Hall–Kier alpha value is -1.96. The Bertz CT molecular complexity index is 884. The molecule has 2 rings (SSSR count). The first-order chi connectivity index (χ1) is 12.2. The van der Waals surface area contributed by atoms with E-state index in [1.54, 1.807) is 26.0 Å². The zero-order valence-electron chi connectivity index (χ0n) is 14.4. The van der Waals surface area contributed by atoms with Gasteiger partial charge in [-0.1, -0.05) is 23.7 Å². The molecule has 0 atom stereocenters. The molecule has 2 aromatic carbocycles. The third kappa shape index (κ3) is 5.52. The number of carbonyl (C=O) groups is 1. The van der Waals surface area contributed by atoms with Crippen LogP contribution in [0.2, 0.25) is 5.02 Å². The van der Waals surface area contributed by atoms with Crippen LogP contribution in [-0.4, -0.2) is 26.9 Å². The van der Waals surface area contributed by atoms with Crippen LogP contribution in [0.3, 0.4) is 0 Å². The van der Waals surface area contributed by atoms with Gasteiger partial charge in [-0.3, -0.25) is 4.79 Å². The van der Waals surface area contributed by atoms with Crippen molar-refractivity contribution in [3.63, 3.8) is 0 Å². The fourth-order valence-corrected chi connectivity index (χ4v) is 3.77. The number of sulfonamides is 1. The predicted molar refractivity (Wildman–Crippen MR) is 99.3 cm³/mol. The quantitative estimate of drug-likeness (QED) is 0.752. The van der Waals surface area contributed by atoms with Crippen molar-refractivity contribution in [1.82, 2.24) is 10.0 Å². The summed E-state index contributed by atoms with van der Waals surface area (Å²) in [6, 6.07) is 9.68. The van der Waals surface area contributed by atoms with Gasteiger partial charge in [-0.05, 0) is 56.2 Å². The Balaban J connectivity index is 2.08. The summed E-state index contributed by atoms with van der Waals surface area (Å²) in [5.41, 5.74) is 0.952. The van der Waals surface area contributed by atoms with Gasteiger partial charge in [0.1, 0.15) is 5.82 Å². The molecule has 0 unspecified atom stereocenters. The second-order valence-electron chi connectivity index (χ2n) is 6.05. The SMILES string of the molecule is CC(C)NS(=O)(=O)c1ccc(Cl)c(C(=O)NCCc2ccc(F)cc2)c1. The summed E-state index contributed by atoms with van der Waals surface area (Å²) in [5.74, 6) is -0.795. The van der Waals surface area contributed by atoms with Gasteiger partial charge in [-0.2, -0.15) is 0 Å². The third-order valence-corrected chi connectivity index (χ3v) is 5.48. The van der Waals surface area contributed by atoms with E-state index in [2.05, 4.69) is 10.0 Å². The lowest BCUT2D eigenvalue weighted by molar-refractivity contribution is 0.0954. The Morgan fingerprint density at radius 2 is 1.81 bits per heavy atom. The summed E-state index contributed by atoms with van der Waals surface area (Å²) in [7, 11) is -3.72. The molecule has 0 heterocycles. The van der Waals surface area contributed by atoms with Gasteiger partial charge >= 0.3 is 0 Å². The van der Waals surface area contributed by atoms with Crippen molar-refractivity contribution in [2.24, 2.45) is 0 Å². The molecular formula is C18H20ClFN2O3S. The molecule has 26 heavy (non-hydrogen) atoms. The van der Waals surface area contributed by atoms with E-state index in [0.717, 1.165) is 5.56 Å². The van der Waals surface area contributed by atoms with Crippen LogP contribution in [0.15, 0.2) is 47.4 Å². The summed E-state index contributed by atoms with van der Waals surface area (Å²) in [6.45, 7) is 3.72. The molecule has 140 valence electrons. The van der Waals surface area contributed by atoms with Gasteiger partial charge in [0.2, 0.25) is 10.0 Å². The number of hydrogen-bond donors (Lipinski definition) is 2. The van der Waals surface area contributed by atoms with Gasteiger partial charge in [0.25, 0.3) is 5.91 Å². The smallest absolute Gasteiger partial charge is 0.252 e. The highest BCUT2D eigenvalue weighted by atomic mass is 35.5. The molecule has 0 aromatic heterocycles. The van der Waals surface area contributed by atoms with Gasteiger partial charge in [0.15, 0.2) is 0 Å². The molecule has 0 fully saturated rings. The molecule has 0 aliphatic rings. The molecular weight excluding hydrogens is 379 g/mol. The molecule has 8 heteroatoms. The molecule has 1 amide bonds. The maximum absolute atomic E-state index is 12.9. The molecule has 5 nitrogen and oxygen atoms in total. The predicted octanol–water partition coefficient (Wildman–Crippen LogP) is 3.14. The number of rotatable bonds is 7. The number of halogens is 2. The summed E-state index contributed by atoms with van der Waals surface area (Å²) in [4.78, 5) is 12.3. The number of nitrogens with one attached hydrogen (secondary N) is 2. The van der Waals surface area contributed by atoms with Crippen molar-refractivity contribution in [3.8, 4) is 0 Å². The van der Waals surface area contributed by atoms with Gasteiger partial charge in [0.05, 0.1) is 15.5 Å². The largest absolute Gasteiger partial charge is 0.352 e. The highest BCUT2D eigenvalue weighted by Crippen LogP contribution is 2.20. The van der Waals surface area contributed by atoms with Gasteiger partial charge in [-0.25, -0.2) is 17.5 Å². The lowest BCUT2D eigenvalue weighted by Gasteiger charge is -2.12. The summed E-state index contributed by atoms with van der Waals surface area (Å²) in [6.07, 6.45) is 0.510. The minimum Gasteiger partial charge on any atom is -0.352 e. The van der Waals surface area contributed by atoms with Crippen LogP contribution in [0.4, 0.5) is 4.39 Å². The van der Waals surface area contributed by atoms with E-state index in [1.165, 1.54) is 30.3 Å². The second-order valence-corrected chi connectivity index (χ2v) is 8.17. The summed E-state index contributed by atoms with van der Waals surface area (Å²) < 4.78 is 39.8. The fraction of sp³-hybridized carbons (Fsp3) is 0.278. The van der Waals surface area contributed by atoms with Gasteiger partial charge in [0, 0.05) is 12.6 Å². The monoisotopic (exact) mass is 398 g/mol. The van der Waals surface area contributed by atoms with E-state index in [1.807, 2.05) is 0 Å². The molecule has 0 radical (unpaired) electrons. The van der Waals surface area contributed by atoms with Crippen molar-refractivity contribution >= 4 is 27.5 Å². The van der Waals surface area contributed by atoms with E-state index in [4.69, 9.17) is 11.6 Å². The maximum atomic E-state index is 12.9. The maximum Gasteiger partial charge on any atom is 0.252 e. The molecule has 0 spiro atoms. The van der Waals surface area contributed by atoms with Crippen LogP contribution in [0.5, 0.6) is 0 Å². The summed E-state index contributed by atoms with van der Waals surface area (Å²) >= 11 is 6.04. The molecule has 0 saturated heterocycles. The Morgan fingerprint density at radius 1 is 1.15 bits per heavy atom. The van der Waals surface area contributed by atoms with E-state index < -0.39 is 15.9 Å². The van der Waals surface area contributed by atoms with Crippen molar-refractivity contribution in [2.75, 3.05) is 6.54 Å². The Labute approximate surface area is 157 Å². The lowest BCUT2D eigenvalue weighted by Crippen LogP contribution is -2.31. The minimum absolute atomic E-state index is 0.0284. The van der Waals surface area contributed by atoms with E-state index >= 15 is 0 Å². The van der Waals surface area contributed by atoms with Crippen molar-refractivity contribution in [3.05, 3.63) is 64.4 Å². The zero-order chi connectivity index (χ0) is 19.3. The first-order valence-corrected chi connectivity index (χ1v) is 9.89. The van der Waals surface area contributed by atoms with E-state index in [-0.39, 0.29) is 27.3 Å². The number of amides is 1. The Kier molecular flexibility index (Phi) is 6.75. The van der Waals surface area contributed by atoms with E-state index in [9.17, 15) is 17.6 Å². The standard InChI is InChI=1S/C18H20ClFN2O3S/c1-12(2)22-26(24,25)15-7-8-17(19)16(11-15)18(23)21-10-9-13-3-5-14(20)6-4-13/h3-8,11-12,22H,9-10H2,1-2H3,(H,21,23). The van der Waals surface area contributed by atoms with E-state index in [0.29, 0.717) is 13.0 Å². The van der Waals surface area contributed by atoms with Crippen molar-refractivity contribution in [2.45, 2.75) is 31.2 Å². The number of hydrogen-bond acceptors (Lipinski definition) is 3. The zero-order valence-corrected chi connectivity index (χ0v) is 16.0. The highest BCUT2D eigenvalue weighted by Gasteiger charge is 2.19. The van der Waals surface area contributed by atoms with Crippen LogP contribution in [-0.2, 0) is 16.4 Å². The highest BCUT2D eigenvalue weighted by molar-refractivity contribution is 7.89. The molecule has 0 aliphatic heterocycles.